The molecule has 0 spiro atoms. The number of nitrogens with one attached hydrogen (secondary N) is 1. The van der Waals surface area contributed by atoms with Crippen molar-refractivity contribution in [3.63, 3.8) is 0 Å². The highest BCUT2D eigenvalue weighted by Gasteiger charge is 2.28. The summed E-state index contributed by atoms with van der Waals surface area (Å²) in [5.74, 6) is -1.18. The molecule has 30 heavy (non-hydrogen) atoms. The Hall–Kier alpha value is -3.40. The van der Waals surface area contributed by atoms with Crippen LogP contribution in [0.2, 0.25) is 0 Å². The summed E-state index contributed by atoms with van der Waals surface area (Å²) in [5.41, 5.74) is 0.845. The third kappa shape index (κ3) is 4.13. The van der Waals surface area contributed by atoms with E-state index in [-0.39, 0.29) is 23.4 Å². The van der Waals surface area contributed by atoms with Crippen LogP contribution in [0.15, 0.2) is 42.5 Å². The molecule has 3 aromatic rings. The number of likely N-dealkylation sites (tertiary alicyclic amines) is 1. The lowest BCUT2D eigenvalue weighted by Crippen LogP contribution is -2.41. The van der Waals surface area contributed by atoms with E-state index in [1.165, 1.54) is 41.7 Å². The molecule has 154 valence electrons. The number of hydrogen-bond acceptors (Lipinski definition) is 6. The van der Waals surface area contributed by atoms with Gasteiger partial charge in [-0.05, 0) is 37.1 Å². The predicted octanol–water partition coefficient (Wildman–Crippen LogP) is 3.83. The van der Waals surface area contributed by atoms with Gasteiger partial charge in [0.15, 0.2) is 5.13 Å². The topological polar surface area (TPSA) is 105 Å². The van der Waals surface area contributed by atoms with Crippen molar-refractivity contribution in [3.05, 3.63) is 64.0 Å². The highest BCUT2D eigenvalue weighted by atomic mass is 32.1. The first kappa shape index (κ1) is 19.9. The maximum Gasteiger partial charge on any atom is 0.270 e. The first-order valence-corrected chi connectivity index (χ1v) is 10.1. The third-order valence-corrected chi connectivity index (χ3v) is 5.97. The van der Waals surface area contributed by atoms with Crippen LogP contribution < -0.4 is 5.32 Å². The molecule has 2 aromatic carbocycles. The highest BCUT2D eigenvalue weighted by molar-refractivity contribution is 7.22. The van der Waals surface area contributed by atoms with Crippen LogP contribution in [0.1, 0.15) is 23.2 Å². The smallest absolute Gasteiger partial charge is 0.270 e. The number of amides is 2. The molecule has 0 saturated carbocycles. The van der Waals surface area contributed by atoms with E-state index in [0.29, 0.717) is 46.8 Å². The second-order valence-corrected chi connectivity index (χ2v) is 8.02. The van der Waals surface area contributed by atoms with Crippen molar-refractivity contribution in [3.8, 4) is 0 Å². The average molecular weight is 428 g/mol. The Morgan fingerprint density at radius 1 is 1.20 bits per heavy atom. The van der Waals surface area contributed by atoms with E-state index in [9.17, 15) is 24.1 Å². The van der Waals surface area contributed by atoms with Crippen LogP contribution in [0.3, 0.4) is 0 Å². The summed E-state index contributed by atoms with van der Waals surface area (Å²) >= 11 is 1.18. The molecular weight excluding hydrogens is 411 g/mol. The fourth-order valence-corrected chi connectivity index (χ4v) is 4.34. The van der Waals surface area contributed by atoms with Crippen LogP contribution in [-0.4, -0.2) is 39.7 Å². The number of anilines is 1. The number of carbonyl (C=O) groups excluding carboxylic acids is 2. The van der Waals surface area contributed by atoms with Crippen LogP contribution in [0.25, 0.3) is 10.2 Å². The zero-order chi connectivity index (χ0) is 21.3. The summed E-state index contributed by atoms with van der Waals surface area (Å²) < 4.78 is 14.0. The SMILES string of the molecule is O=C(Nc1nc2ccc([N+](=O)[O-])cc2s1)C1CCN(C(=O)c2cccc(F)c2)CC1. The summed E-state index contributed by atoms with van der Waals surface area (Å²) in [7, 11) is 0. The summed E-state index contributed by atoms with van der Waals surface area (Å²) in [4.78, 5) is 41.4. The molecule has 8 nitrogen and oxygen atoms in total. The summed E-state index contributed by atoms with van der Waals surface area (Å²) in [6.45, 7) is 0.805. The van der Waals surface area contributed by atoms with E-state index in [2.05, 4.69) is 10.3 Å². The fourth-order valence-electron chi connectivity index (χ4n) is 3.44. The lowest BCUT2D eigenvalue weighted by Gasteiger charge is -2.31. The van der Waals surface area contributed by atoms with Gasteiger partial charge in [0.05, 0.1) is 15.1 Å². The van der Waals surface area contributed by atoms with Crippen LogP contribution >= 0.6 is 11.3 Å². The van der Waals surface area contributed by atoms with Crippen molar-refractivity contribution in [1.29, 1.82) is 0 Å². The number of benzene rings is 2. The van der Waals surface area contributed by atoms with Crippen molar-refractivity contribution in [2.24, 2.45) is 5.92 Å². The van der Waals surface area contributed by atoms with Crippen molar-refractivity contribution < 1.29 is 18.9 Å². The lowest BCUT2D eigenvalue weighted by atomic mass is 9.95. The number of non-ortho nitro benzene ring substituents is 1. The zero-order valence-corrected chi connectivity index (χ0v) is 16.5. The molecule has 0 radical (unpaired) electrons. The molecule has 1 fully saturated rings. The molecule has 0 aliphatic carbocycles. The Labute approximate surface area is 174 Å². The number of fused-ring (bicyclic) bond motifs is 1. The van der Waals surface area contributed by atoms with Gasteiger partial charge in [0.1, 0.15) is 5.82 Å². The largest absolute Gasteiger partial charge is 0.339 e. The van der Waals surface area contributed by atoms with Crippen LogP contribution in [0.5, 0.6) is 0 Å². The van der Waals surface area contributed by atoms with Gasteiger partial charge in [-0.3, -0.25) is 19.7 Å². The Bertz CT molecular complexity index is 1140. The van der Waals surface area contributed by atoms with Gasteiger partial charge < -0.3 is 10.2 Å². The van der Waals surface area contributed by atoms with Crippen molar-refractivity contribution >= 4 is 44.2 Å². The molecule has 4 rings (SSSR count). The minimum Gasteiger partial charge on any atom is -0.339 e. The Kier molecular flexibility index (Phi) is 5.40. The standard InChI is InChI=1S/C20H17FN4O4S/c21-14-3-1-2-13(10-14)19(27)24-8-6-12(7-9-24)18(26)23-20-22-16-5-4-15(25(28)29)11-17(16)30-20/h1-5,10-12H,6-9H2,(H,22,23,26). The molecule has 1 N–H and O–H groups in total. The Morgan fingerprint density at radius 3 is 2.67 bits per heavy atom. The maximum atomic E-state index is 13.3. The summed E-state index contributed by atoms with van der Waals surface area (Å²) in [6.07, 6.45) is 0.979. The predicted molar refractivity (Wildman–Crippen MR) is 110 cm³/mol. The number of nitro groups is 1. The van der Waals surface area contributed by atoms with E-state index in [0.717, 1.165) is 0 Å². The third-order valence-electron chi connectivity index (χ3n) is 5.04. The molecule has 2 amide bonds. The van der Waals surface area contributed by atoms with Gasteiger partial charge in [-0.2, -0.15) is 0 Å². The minimum atomic E-state index is -0.476. The van der Waals surface area contributed by atoms with E-state index < -0.39 is 10.7 Å². The molecule has 0 unspecified atom stereocenters. The van der Waals surface area contributed by atoms with Gasteiger partial charge in [-0.1, -0.05) is 17.4 Å². The van der Waals surface area contributed by atoms with Gasteiger partial charge in [0, 0.05) is 36.7 Å². The number of halogens is 1. The van der Waals surface area contributed by atoms with E-state index in [1.807, 2.05) is 0 Å². The summed E-state index contributed by atoms with van der Waals surface area (Å²) in [5, 5.41) is 14.1. The lowest BCUT2D eigenvalue weighted by molar-refractivity contribution is -0.384. The van der Waals surface area contributed by atoms with Crippen LogP contribution in [0, 0.1) is 21.8 Å². The molecule has 1 aromatic heterocycles. The van der Waals surface area contributed by atoms with E-state index >= 15 is 0 Å². The summed E-state index contributed by atoms with van der Waals surface area (Å²) in [6, 6.07) is 9.91. The number of rotatable bonds is 4. The molecule has 2 heterocycles. The van der Waals surface area contributed by atoms with Crippen LogP contribution in [-0.2, 0) is 4.79 Å². The zero-order valence-electron chi connectivity index (χ0n) is 15.7. The number of carbonyl (C=O) groups is 2. The minimum absolute atomic E-state index is 0.0284. The van der Waals surface area contributed by atoms with E-state index in [4.69, 9.17) is 0 Å². The molecular formula is C20H17FN4O4S. The van der Waals surface area contributed by atoms with Crippen molar-refractivity contribution in [2.75, 3.05) is 18.4 Å². The van der Waals surface area contributed by atoms with Gasteiger partial charge >= 0.3 is 0 Å². The van der Waals surface area contributed by atoms with Crippen LogP contribution in [0.4, 0.5) is 15.2 Å². The first-order valence-electron chi connectivity index (χ1n) is 9.31. The number of aromatic nitrogens is 1. The molecule has 10 heteroatoms. The number of piperidine rings is 1. The average Bonchev–Trinajstić information content (AvgIpc) is 3.14. The van der Waals surface area contributed by atoms with Gasteiger partial charge in [0.2, 0.25) is 5.91 Å². The number of nitro benzene ring substituents is 1. The first-order chi connectivity index (χ1) is 14.4. The number of nitrogens with zero attached hydrogens (tertiary/aromatic N) is 3. The molecule has 1 saturated heterocycles. The number of thiazole rings is 1. The second-order valence-electron chi connectivity index (χ2n) is 6.99. The second kappa shape index (κ2) is 8.15. The molecule has 0 bridgehead atoms. The number of hydrogen-bond donors (Lipinski definition) is 1. The van der Waals surface area contributed by atoms with Gasteiger partial charge in [-0.25, -0.2) is 9.37 Å². The molecule has 1 aliphatic heterocycles. The fraction of sp³-hybridized carbons (Fsp3) is 0.250. The quantitative estimate of drug-likeness (QED) is 0.502. The maximum absolute atomic E-state index is 13.3. The van der Waals surface area contributed by atoms with E-state index in [1.54, 1.807) is 17.0 Å². The highest BCUT2D eigenvalue weighted by Crippen LogP contribution is 2.30. The van der Waals surface area contributed by atoms with Crippen molar-refractivity contribution in [2.45, 2.75) is 12.8 Å². The monoisotopic (exact) mass is 428 g/mol. The molecule has 1 aliphatic rings. The van der Waals surface area contributed by atoms with Crippen molar-refractivity contribution in [1.82, 2.24) is 9.88 Å². The molecule has 0 atom stereocenters. The normalized spacial score (nSPS) is 14.6. The Balaban J connectivity index is 1.37. The van der Waals surface area contributed by atoms with Gasteiger partial charge in [0.25, 0.3) is 11.6 Å². The van der Waals surface area contributed by atoms with Gasteiger partial charge in [-0.15, -0.1) is 0 Å². The Morgan fingerprint density at radius 2 is 1.97 bits per heavy atom.